The fourth-order valence-electron chi connectivity index (χ4n) is 3.44. The molecule has 1 aromatic heterocycles. The van der Waals surface area contributed by atoms with Crippen molar-refractivity contribution in [2.75, 3.05) is 5.73 Å². The van der Waals surface area contributed by atoms with Crippen molar-refractivity contribution in [3.05, 3.63) is 35.8 Å². The minimum absolute atomic E-state index is 0.166. The number of nitrogens with two attached hydrogens (primary N) is 1. The van der Waals surface area contributed by atoms with Crippen LogP contribution in [0.15, 0.2) is 28.8 Å². The summed E-state index contributed by atoms with van der Waals surface area (Å²) < 4.78 is 18.7. The van der Waals surface area contributed by atoms with E-state index in [0.29, 0.717) is 11.7 Å². The van der Waals surface area contributed by atoms with E-state index in [4.69, 9.17) is 10.3 Å². The average molecular weight is 288 g/mol. The van der Waals surface area contributed by atoms with Crippen LogP contribution in [0.1, 0.15) is 51.2 Å². The van der Waals surface area contributed by atoms with E-state index in [9.17, 15) is 4.39 Å². The Morgan fingerprint density at radius 2 is 1.95 bits per heavy atom. The molecule has 1 aromatic carbocycles. The van der Waals surface area contributed by atoms with Gasteiger partial charge in [-0.15, -0.1) is 0 Å². The number of rotatable bonds is 2. The summed E-state index contributed by atoms with van der Waals surface area (Å²) in [7, 11) is 0. The second-order valence-electron chi connectivity index (χ2n) is 6.60. The SMILES string of the molecule is CC1(C)CCCCC1c1onc(N)c1-c1ccc(F)cc1. The van der Waals surface area contributed by atoms with E-state index >= 15 is 0 Å². The van der Waals surface area contributed by atoms with Crippen molar-refractivity contribution in [2.24, 2.45) is 5.41 Å². The first kappa shape index (κ1) is 14.1. The fourth-order valence-corrected chi connectivity index (χ4v) is 3.44. The maximum absolute atomic E-state index is 13.1. The Hall–Kier alpha value is -1.84. The Labute approximate surface area is 124 Å². The molecule has 112 valence electrons. The lowest BCUT2D eigenvalue weighted by atomic mass is 9.67. The summed E-state index contributed by atoms with van der Waals surface area (Å²) in [6, 6.07) is 6.35. The Bertz CT molecular complexity index is 631. The van der Waals surface area contributed by atoms with Gasteiger partial charge in [0, 0.05) is 5.92 Å². The molecule has 1 unspecified atom stereocenters. The molecular weight excluding hydrogens is 267 g/mol. The smallest absolute Gasteiger partial charge is 0.175 e. The Morgan fingerprint density at radius 3 is 2.62 bits per heavy atom. The minimum Gasteiger partial charge on any atom is -0.380 e. The number of hydrogen-bond acceptors (Lipinski definition) is 3. The maximum Gasteiger partial charge on any atom is 0.175 e. The maximum atomic E-state index is 13.1. The Morgan fingerprint density at radius 1 is 1.24 bits per heavy atom. The van der Waals surface area contributed by atoms with Crippen molar-refractivity contribution in [3.63, 3.8) is 0 Å². The van der Waals surface area contributed by atoms with E-state index in [2.05, 4.69) is 19.0 Å². The van der Waals surface area contributed by atoms with Gasteiger partial charge in [0.2, 0.25) is 0 Å². The number of halogens is 1. The van der Waals surface area contributed by atoms with Crippen LogP contribution in [0.2, 0.25) is 0 Å². The first-order valence-corrected chi connectivity index (χ1v) is 7.50. The Kier molecular flexibility index (Phi) is 3.47. The van der Waals surface area contributed by atoms with Gasteiger partial charge in [-0.25, -0.2) is 4.39 Å². The molecule has 1 atom stereocenters. The van der Waals surface area contributed by atoms with Crippen LogP contribution in [0.5, 0.6) is 0 Å². The van der Waals surface area contributed by atoms with Crippen LogP contribution in [-0.2, 0) is 0 Å². The third kappa shape index (κ3) is 2.55. The van der Waals surface area contributed by atoms with Gasteiger partial charge < -0.3 is 10.3 Å². The first-order valence-electron chi connectivity index (χ1n) is 7.50. The van der Waals surface area contributed by atoms with Gasteiger partial charge >= 0.3 is 0 Å². The van der Waals surface area contributed by atoms with Gasteiger partial charge in [-0.05, 0) is 36.0 Å². The summed E-state index contributed by atoms with van der Waals surface area (Å²) in [5.41, 5.74) is 7.87. The van der Waals surface area contributed by atoms with Crippen LogP contribution in [0, 0.1) is 11.2 Å². The lowest BCUT2D eigenvalue weighted by Crippen LogP contribution is -2.26. The second-order valence-corrected chi connectivity index (χ2v) is 6.60. The van der Waals surface area contributed by atoms with Crippen LogP contribution in [0.3, 0.4) is 0 Å². The molecule has 0 radical (unpaired) electrons. The van der Waals surface area contributed by atoms with Crippen molar-refractivity contribution in [1.29, 1.82) is 0 Å². The van der Waals surface area contributed by atoms with Gasteiger partial charge in [-0.2, -0.15) is 0 Å². The zero-order valence-electron chi connectivity index (χ0n) is 12.5. The molecule has 0 saturated heterocycles. The van der Waals surface area contributed by atoms with Gasteiger partial charge in [-0.1, -0.05) is 44.0 Å². The number of hydrogen-bond donors (Lipinski definition) is 1. The first-order chi connectivity index (χ1) is 9.99. The predicted octanol–water partition coefficient (Wildman–Crippen LogP) is 4.75. The van der Waals surface area contributed by atoms with E-state index in [1.807, 2.05) is 0 Å². The molecule has 1 fully saturated rings. The van der Waals surface area contributed by atoms with E-state index in [1.54, 1.807) is 12.1 Å². The topological polar surface area (TPSA) is 52.0 Å². The van der Waals surface area contributed by atoms with Gasteiger partial charge in [0.05, 0.1) is 5.56 Å². The summed E-state index contributed by atoms with van der Waals surface area (Å²) in [6.07, 6.45) is 4.69. The van der Waals surface area contributed by atoms with E-state index in [-0.39, 0.29) is 11.2 Å². The van der Waals surface area contributed by atoms with Crippen molar-refractivity contribution >= 4 is 5.82 Å². The zero-order chi connectivity index (χ0) is 15.0. The highest BCUT2D eigenvalue weighted by atomic mass is 19.1. The highest BCUT2D eigenvalue weighted by molar-refractivity contribution is 5.76. The predicted molar refractivity (Wildman–Crippen MR) is 81.3 cm³/mol. The molecule has 2 N–H and O–H groups in total. The number of benzene rings is 1. The number of anilines is 1. The van der Waals surface area contributed by atoms with Crippen LogP contribution < -0.4 is 5.73 Å². The molecule has 21 heavy (non-hydrogen) atoms. The molecule has 1 aliphatic carbocycles. The third-order valence-corrected chi connectivity index (χ3v) is 4.70. The average Bonchev–Trinajstić information content (AvgIpc) is 2.81. The van der Waals surface area contributed by atoms with Crippen molar-refractivity contribution in [3.8, 4) is 11.1 Å². The molecule has 3 nitrogen and oxygen atoms in total. The summed E-state index contributed by atoms with van der Waals surface area (Å²) in [5.74, 6) is 1.28. The molecule has 0 aliphatic heterocycles. The third-order valence-electron chi connectivity index (χ3n) is 4.70. The second kappa shape index (κ2) is 5.17. The van der Waals surface area contributed by atoms with Gasteiger partial charge in [0.25, 0.3) is 0 Å². The van der Waals surface area contributed by atoms with E-state index < -0.39 is 0 Å². The van der Waals surface area contributed by atoms with Gasteiger partial charge in [-0.3, -0.25) is 0 Å². The molecule has 0 spiro atoms. The summed E-state index contributed by atoms with van der Waals surface area (Å²) in [6.45, 7) is 4.54. The van der Waals surface area contributed by atoms with Crippen LogP contribution in [0.25, 0.3) is 11.1 Å². The van der Waals surface area contributed by atoms with Crippen LogP contribution in [0.4, 0.5) is 10.2 Å². The number of aromatic nitrogens is 1. The van der Waals surface area contributed by atoms with Gasteiger partial charge in [0.15, 0.2) is 5.82 Å². The number of nitrogen functional groups attached to an aromatic ring is 1. The van der Waals surface area contributed by atoms with Crippen molar-refractivity contribution in [2.45, 2.75) is 45.4 Å². The zero-order valence-corrected chi connectivity index (χ0v) is 12.5. The van der Waals surface area contributed by atoms with Crippen LogP contribution >= 0.6 is 0 Å². The summed E-state index contributed by atoms with van der Waals surface area (Å²) >= 11 is 0. The molecule has 1 saturated carbocycles. The highest BCUT2D eigenvalue weighted by Gasteiger charge is 2.38. The fraction of sp³-hybridized carbons (Fsp3) is 0.471. The summed E-state index contributed by atoms with van der Waals surface area (Å²) in [4.78, 5) is 0. The normalized spacial score (nSPS) is 21.4. The molecule has 3 rings (SSSR count). The minimum atomic E-state index is -0.256. The number of nitrogens with zero attached hydrogens (tertiary/aromatic N) is 1. The lowest BCUT2D eigenvalue weighted by molar-refractivity contribution is 0.169. The van der Waals surface area contributed by atoms with Crippen molar-refractivity contribution in [1.82, 2.24) is 5.16 Å². The molecule has 1 aliphatic rings. The monoisotopic (exact) mass is 288 g/mol. The molecule has 1 heterocycles. The largest absolute Gasteiger partial charge is 0.380 e. The van der Waals surface area contributed by atoms with E-state index in [1.165, 1.54) is 31.4 Å². The summed E-state index contributed by atoms with van der Waals surface area (Å²) in [5, 5.41) is 3.97. The van der Waals surface area contributed by atoms with Gasteiger partial charge in [0.1, 0.15) is 11.6 Å². The molecule has 2 aromatic rings. The highest BCUT2D eigenvalue weighted by Crippen LogP contribution is 2.50. The van der Waals surface area contributed by atoms with E-state index in [0.717, 1.165) is 23.3 Å². The standard InChI is InChI=1S/C17H21FN2O/c1-17(2)10-4-3-5-13(17)15-14(16(19)20-21-15)11-6-8-12(18)9-7-11/h6-9,13H,3-5,10H2,1-2H3,(H2,19,20). The quantitative estimate of drug-likeness (QED) is 0.867. The molecule has 0 bridgehead atoms. The Balaban J connectivity index is 2.06. The van der Waals surface area contributed by atoms with Crippen LogP contribution in [-0.4, -0.2) is 5.16 Å². The van der Waals surface area contributed by atoms with Crippen molar-refractivity contribution < 1.29 is 8.91 Å². The molecule has 0 amide bonds. The molecule has 4 heteroatoms. The molecular formula is C17H21FN2O. The lowest BCUT2D eigenvalue weighted by Gasteiger charge is -2.37.